The Morgan fingerprint density at radius 1 is 1.17 bits per heavy atom. The summed E-state index contributed by atoms with van der Waals surface area (Å²) in [5.74, 6) is 1.36. The van der Waals surface area contributed by atoms with Crippen molar-refractivity contribution in [1.82, 2.24) is 25.0 Å². The number of nitriles is 1. The highest BCUT2D eigenvalue weighted by molar-refractivity contribution is 5.94. The summed E-state index contributed by atoms with van der Waals surface area (Å²) in [5.41, 5.74) is 2.09. The largest absolute Gasteiger partial charge is 0.339 e. The van der Waals surface area contributed by atoms with Crippen LogP contribution in [0.25, 0.3) is 5.82 Å². The number of nitrogens with one attached hydrogen (secondary N) is 1. The zero-order chi connectivity index (χ0) is 20.8. The van der Waals surface area contributed by atoms with E-state index in [1.54, 1.807) is 35.1 Å². The van der Waals surface area contributed by atoms with Crippen molar-refractivity contribution in [3.8, 4) is 11.9 Å². The standard InChI is InChI=1S/C23H24N6O/c24-15-19-4-1-5-20(14-19)23(30)28-12-8-18(9-13-28)16-25-17-21-6-2-7-22(27-21)29-11-3-10-26-29/h1-7,10-11,14,18,25H,8-9,12-13,16-17H2. The number of rotatable bonds is 6. The van der Waals surface area contributed by atoms with E-state index in [2.05, 4.69) is 21.5 Å². The fourth-order valence-corrected chi connectivity index (χ4v) is 3.75. The quantitative estimate of drug-likeness (QED) is 0.688. The Morgan fingerprint density at radius 2 is 2.00 bits per heavy atom. The van der Waals surface area contributed by atoms with E-state index in [1.807, 2.05) is 35.4 Å². The summed E-state index contributed by atoms with van der Waals surface area (Å²) in [5, 5.41) is 16.7. The third-order valence-electron chi connectivity index (χ3n) is 5.41. The second-order valence-corrected chi connectivity index (χ2v) is 7.50. The van der Waals surface area contributed by atoms with E-state index >= 15 is 0 Å². The average Bonchev–Trinajstić information content (AvgIpc) is 3.34. The van der Waals surface area contributed by atoms with Gasteiger partial charge >= 0.3 is 0 Å². The van der Waals surface area contributed by atoms with Gasteiger partial charge in [0.25, 0.3) is 5.91 Å². The van der Waals surface area contributed by atoms with Crippen molar-refractivity contribution >= 4 is 5.91 Å². The van der Waals surface area contributed by atoms with Crippen LogP contribution >= 0.6 is 0 Å². The molecule has 0 radical (unpaired) electrons. The molecule has 1 N–H and O–H groups in total. The van der Waals surface area contributed by atoms with E-state index in [1.165, 1.54) is 0 Å². The van der Waals surface area contributed by atoms with Crippen molar-refractivity contribution in [2.75, 3.05) is 19.6 Å². The van der Waals surface area contributed by atoms with Gasteiger partial charge in [0.1, 0.15) is 0 Å². The Hall–Kier alpha value is -3.50. The molecule has 1 aromatic carbocycles. The molecule has 1 fully saturated rings. The summed E-state index contributed by atoms with van der Waals surface area (Å²) in [6.07, 6.45) is 5.56. The fourth-order valence-electron chi connectivity index (χ4n) is 3.75. The van der Waals surface area contributed by atoms with E-state index in [9.17, 15) is 4.79 Å². The molecule has 1 aliphatic heterocycles. The number of piperidine rings is 1. The Labute approximate surface area is 176 Å². The number of likely N-dealkylation sites (tertiary alicyclic amines) is 1. The molecule has 0 unspecified atom stereocenters. The Morgan fingerprint density at radius 3 is 2.77 bits per heavy atom. The molecular formula is C23H24N6O. The number of aromatic nitrogens is 3. The first-order chi connectivity index (χ1) is 14.7. The van der Waals surface area contributed by atoms with Crippen LogP contribution in [0.1, 0.15) is 34.5 Å². The first kappa shape index (κ1) is 19.8. The third kappa shape index (κ3) is 4.73. The molecule has 3 heterocycles. The van der Waals surface area contributed by atoms with Crippen LogP contribution in [0.2, 0.25) is 0 Å². The van der Waals surface area contributed by atoms with Gasteiger partial charge < -0.3 is 10.2 Å². The zero-order valence-electron chi connectivity index (χ0n) is 16.7. The highest BCUT2D eigenvalue weighted by Gasteiger charge is 2.23. The SMILES string of the molecule is N#Cc1cccc(C(=O)N2CCC(CNCc3cccc(-n4cccn4)n3)CC2)c1. The van der Waals surface area contributed by atoms with E-state index < -0.39 is 0 Å². The lowest BCUT2D eigenvalue weighted by Crippen LogP contribution is -2.40. The van der Waals surface area contributed by atoms with Gasteiger partial charge in [-0.25, -0.2) is 9.67 Å². The minimum absolute atomic E-state index is 0.0122. The van der Waals surface area contributed by atoms with Crippen molar-refractivity contribution in [3.05, 3.63) is 77.7 Å². The maximum Gasteiger partial charge on any atom is 0.253 e. The van der Waals surface area contributed by atoms with Crippen LogP contribution in [0.3, 0.4) is 0 Å². The van der Waals surface area contributed by atoms with E-state index in [4.69, 9.17) is 5.26 Å². The minimum atomic E-state index is 0.0122. The maximum atomic E-state index is 12.7. The topological polar surface area (TPSA) is 86.8 Å². The van der Waals surface area contributed by atoms with E-state index in [-0.39, 0.29) is 5.91 Å². The number of nitrogens with zero attached hydrogens (tertiary/aromatic N) is 5. The van der Waals surface area contributed by atoms with Gasteiger partial charge in [0, 0.05) is 37.6 Å². The van der Waals surface area contributed by atoms with Crippen LogP contribution in [0.5, 0.6) is 0 Å². The van der Waals surface area contributed by atoms with Gasteiger partial charge in [-0.15, -0.1) is 0 Å². The van der Waals surface area contributed by atoms with Crippen LogP contribution in [0.4, 0.5) is 0 Å². The highest BCUT2D eigenvalue weighted by Crippen LogP contribution is 2.19. The summed E-state index contributed by atoms with van der Waals surface area (Å²) >= 11 is 0. The number of hydrogen-bond donors (Lipinski definition) is 1. The summed E-state index contributed by atoms with van der Waals surface area (Å²) < 4.78 is 1.75. The summed E-state index contributed by atoms with van der Waals surface area (Å²) in [7, 11) is 0. The summed E-state index contributed by atoms with van der Waals surface area (Å²) in [6, 6.07) is 16.8. The number of pyridine rings is 1. The molecular weight excluding hydrogens is 376 g/mol. The minimum Gasteiger partial charge on any atom is -0.339 e. The Bertz CT molecular complexity index is 1030. The van der Waals surface area contributed by atoms with Gasteiger partial charge in [-0.2, -0.15) is 10.4 Å². The molecule has 1 saturated heterocycles. The molecule has 30 heavy (non-hydrogen) atoms. The molecule has 0 spiro atoms. The fraction of sp³-hybridized carbons (Fsp3) is 0.304. The van der Waals surface area contributed by atoms with Crippen molar-refractivity contribution in [2.24, 2.45) is 5.92 Å². The van der Waals surface area contributed by atoms with Gasteiger partial charge in [0.2, 0.25) is 0 Å². The van der Waals surface area contributed by atoms with E-state index in [0.29, 0.717) is 23.6 Å². The molecule has 7 heteroatoms. The van der Waals surface area contributed by atoms with Crippen LogP contribution in [0, 0.1) is 17.2 Å². The predicted molar refractivity (Wildman–Crippen MR) is 113 cm³/mol. The van der Waals surface area contributed by atoms with Crippen molar-refractivity contribution in [2.45, 2.75) is 19.4 Å². The van der Waals surface area contributed by atoms with Crippen molar-refractivity contribution in [1.29, 1.82) is 5.26 Å². The molecule has 1 aliphatic rings. The first-order valence-corrected chi connectivity index (χ1v) is 10.2. The Kier molecular flexibility index (Phi) is 6.16. The van der Waals surface area contributed by atoms with Crippen LogP contribution in [-0.2, 0) is 6.54 Å². The molecule has 4 rings (SSSR count). The maximum absolute atomic E-state index is 12.7. The zero-order valence-corrected chi connectivity index (χ0v) is 16.7. The molecule has 0 aliphatic carbocycles. The number of amides is 1. The molecule has 0 saturated carbocycles. The van der Waals surface area contributed by atoms with Gasteiger partial charge in [-0.1, -0.05) is 12.1 Å². The van der Waals surface area contributed by atoms with Gasteiger partial charge in [0.05, 0.1) is 17.3 Å². The number of carbonyl (C=O) groups excluding carboxylic acids is 1. The molecule has 3 aromatic rings. The van der Waals surface area contributed by atoms with Gasteiger partial charge in [-0.3, -0.25) is 4.79 Å². The van der Waals surface area contributed by atoms with E-state index in [0.717, 1.165) is 44.0 Å². The lowest BCUT2D eigenvalue weighted by atomic mass is 9.96. The Balaban J connectivity index is 1.24. The predicted octanol–water partition coefficient (Wildman–Crippen LogP) is 2.78. The molecule has 152 valence electrons. The second-order valence-electron chi connectivity index (χ2n) is 7.50. The number of benzene rings is 1. The van der Waals surface area contributed by atoms with Gasteiger partial charge in [0.15, 0.2) is 5.82 Å². The average molecular weight is 400 g/mol. The second kappa shape index (κ2) is 9.33. The van der Waals surface area contributed by atoms with Crippen molar-refractivity contribution in [3.63, 3.8) is 0 Å². The summed E-state index contributed by atoms with van der Waals surface area (Å²) in [6.45, 7) is 3.10. The van der Waals surface area contributed by atoms with Crippen molar-refractivity contribution < 1.29 is 4.79 Å². The number of hydrogen-bond acceptors (Lipinski definition) is 5. The molecule has 1 amide bonds. The van der Waals surface area contributed by atoms with Crippen LogP contribution in [-0.4, -0.2) is 45.2 Å². The highest BCUT2D eigenvalue weighted by atomic mass is 16.2. The molecule has 2 aromatic heterocycles. The smallest absolute Gasteiger partial charge is 0.253 e. The van der Waals surface area contributed by atoms with Crippen LogP contribution in [0.15, 0.2) is 60.9 Å². The third-order valence-corrected chi connectivity index (χ3v) is 5.41. The monoisotopic (exact) mass is 400 g/mol. The molecule has 0 atom stereocenters. The number of carbonyl (C=O) groups is 1. The lowest BCUT2D eigenvalue weighted by Gasteiger charge is -2.32. The molecule has 7 nitrogen and oxygen atoms in total. The lowest BCUT2D eigenvalue weighted by molar-refractivity contribution is 0.0690. The van der Waals surface area contributed by atoms with Gasteiger partial charge in [-0.05, 0) is 61.7 Å². The first-order valence-electron chi connectivity index (χ1n) is 10.2. The van der Waals surface area contributed by atoms with Crippen LogP contribution < -0.4 is 5.32 Å². The summed E-state index contributed by atoms with van der Waals surface area (Å²) in [4.78, 5) is 19.2. The molecule has 0 bridgehead atoms. The normalized spacial score (nSPS) is 14.4.